The Balaban J connectivity index is 2.92. The summed E-state index contributed by atoms with van der Waals surface area (Å²) < 4.78 is 3.36. The van der Waals surface area contributed by atoms with E-state index in [1.54, 1.807) is 12.4 Å². The minimum absolute atomic E-state index is 0.0836. The maximum absolute atomic E-state index is 11.2. The third kappa shape index (κ3) is 0.845. The van der Waals surface area contributed by atoms with E-state index in [0.717, 1.165) is 12.2 Å². The topological polar surface area (TPSA) is 39.3 Å². The highest BCUT2D eigenvalue weighted by atomic mass is 16.1. The fourth-order valence-electron chi connectivity index (χ4n) is 1.25. The number of hydrogen-bond donors (Lipinski definition) is 0. The summed E-state index contributed by atoms with van der Waals surface area (Å²) in [5.41, 5.74) is 0.754. The molecule has 0 aliphatic rings. The van der Waals surface area contributed by atoms with Crippen LogP contribution in [0.25, 0.3) is 5.65 Å². The minimum Gasteiger partial charge on any atom is -0.333 e. The van der Waals surface area contributed by atoms with Crippen LogP contribution in [0, 0.1) is 0 Å². The van der Waals surface area contributed by atoms with E-state index in [4.69, 9.17) is 0 Å². The van der Waals surface area contributed by atoms with Crippen molar-refractivity contribution in [2.45, 2.75) is 13.5 Å². The molecule has 0 radical (unpaired) electrons. The molecule has 2 aromatic heterocycles. The molecule has 2 heterocycles. The van der Waals surface area contributed by atoms with Crippen LogP contribution in [0.3, 0.4) is 0 Å². The van der Waals surface area contributed by atoms with Crippen molar-refractivity contribution in [2.75, 3.05) is 0 Å². The van der Waals surface area contributed by atoms with Crippen LogP contribution in [0.1, 0.15) is 6.92 Å². The van der Waals surface area contributed by atoms with Crippen LogP contribution in [-0.4, -0.2) is 14.2 Å². The molecule has 4 heteroatoms. The first-order valence-electron chi connectivity index (χ1n) is 3.86. The molecule has 2 aromatic rings. The van der Waals surface area contributed by atoms with Crippen molar-refractivity contribution < 1.29 is 0 Å². The number of hydrogen-bond acceptors (Lipinski definition) is 2. The maximum atomic E-state index is 11.2. The number of aryl methyl sites for hydroxylation is 1. The van der Waals surface area contributed by atoms with Gasteiger partial charge in [-0.15, -0.1) is 0 Å². The largest absolute Gasteiger partial charge is 0.333 e. The number of aromatic nitrogens is 3. The van der Waals surface area contributed by atoms with Gasteiger partial charge in [0.2, 0.25) is 0 Å². The van der Waals surface area contributed by atoms with Gasteiger partial charge in [-0.2, -0.15) is 9.61 Å². The van der Waals surface area contributed by atoms with Gasteiger partial charge in [-0.25, -0.2) is 0 Å². The summed E-state index contributed by atoms with van der Waals surface area (Å²) in [6.45, 7) is 2.87. The predicted molar refractivity (Wildman–Crippen MR) is 45.1 cm³/mol. The van der Waals surface area contributed by atoms with Crippen molar-refractivity contribution in [3.63, 3.8) is 0 Å². The molecule has 62 valence electrons. The average molecular weight is 163 g/mol. The minimum atomic E-state index is -0.0836. The second kappa shape index (κ2) is 2.48. The van der Waals surface area contributed by atoms with E-state index in [0.29, 0.717) is 0 Å². The van der Waals surface area contributed by atoms with Gasteiger partial charge in [0, 0.05) is 24.9 Å². The lowest BCUT2D eigenvalue weighted by atomic mass is 10.5. The zero-order valence-electron chi connectivity index (χ0n) is 6.77. The molecule has 0 saturated carbocycles. The molecule has 0 bridgehead atoms. The predicted octanol–water partition coefficient (Wildman–Crippen LogP) is 0.516. The zero-order chi connectivity index (χ0) is 8.55. The van der Waals surface area contributed by atoms with Crippen LogP contribution < -0.4 is 5.56 Å². The van der Waals surface area contributed by atoms with Crippen molar-refractivity contribution in [1.82, 2.24) is 14.2 Å². The molecule has 0 N–H and O–H groups in total. The molecule has 4 nitrogen and oxygen atoms in total. The lowest BCUT2D eigenvalue weighted by molar-refractivity contribution is 0.739. The molecule has 0 amide bonds. The summed E-state index contributed by atoms with van der Waals surface area (Å²) in [6, 6.07) is 3.34. The fourth-order valence-corrected chi connectivity index (χ4v) is 1.25. The van der Waals surface area contributed by atoms with Crippen LogP contribution >= 0.6 is 0 Å². The first-order chi connectivity index (χ1) is 5.83. The smallest absolute Gasteiger partial charge is 0.274 e. The molecule has 0 fully saturated rings. The van der Waals surface area contributed by atoms with Crippen molar-refractivity contribution in [2.24, 2.45) is 0 Å². The van der Waals surface area contributed by atoms with Crippen LogP contribution in [0.15, 0.2) is 29.3 Å². The summed E-state index contributed by atoms with van der Waals surface area (Å²) in [4.78, 5) is 11.2. The molecule has 0 unspecified atom stereocenters. The fraction of sp³-hybridized carbons (Fsp3) is 0.250. The Kier molecular flexibility index (Phi) is 1.46. The van der Waals surface area contributed by atoms with Gasteiger partial charge in [-0.1, -0.05) is 0 Å². The second-order valence-electron chi connectivity index (χ2n) is 2.54. The van der Waals surface area contributed by atoms with Crippen LogP contribution in [-0.2, 0) is 6.54 Å². The summed E-state index contributed by atoms with van der Waals surface area (Å²) in [5, 5.41) is 3.91. The first kappa shape index (κ1) is 7.09. The quantitative estimate of drug-likeness (QED) is 0.614. The van der Waals surface area contributed by atoms with Gasteiger partial charge in [-0.3, -0.25) is 4.79 Å². The first-order valence-corrected chi connectivity index (χ1v) is 3.86. The number of fused-ring (bicyclic) bond motifs is 1. The summed E-state index contributed by atoms with van der Waals surface area (Å²) in [6.07, 6.45) is 3.40. The molecule has 0 atom stereocenters. The Labute approximate surface area is 69.1 Å². The lowest BCUT2D eigenvalue weighted by Crippen LogP contribution is -2.16. The van der Waals surface area contributed by atoms with Gasteiger partial charge in [0.25, 0.3) is 5.56 Å². The van der Waals surface area contributed by atoms with E-state index < -0.39 is 0 Å². The molecule has 0 saturated heterocycles. The van der Waals surface area contributed by atoms with Gasteiger partial charge in [0.05, 0.1) is 6.20 Å². The molecule has 0 aliphatic carbocycles. The highest BCUT2D eigenvalue weighted by Crippen LogP contribution is 1.97. The molecule has 0 aromatic carbocycles. The van der Waals surface area contributed by atoms with Gasteiger partial charge in [0.15, 0.2) is 0 Å². The summed E-state index contributed by atoms with van der Waals surface area (Å²) >= 11 is 0. The summed E-state index contributed by atoms with van der Waals surface area (Å²) in [7, 11) is 0. The van der Waals surface area contributed by atoms with E-state index in [-0.39, 0.29) is 5.56 Å². The Bertz CT molecular complexity index is 455. The molecule has 12 heavy (non-hydrogen) atoms. The van der Waals surface area contributed by atoms with Crippen LogP contribution in [0.4, 0.5) is 0 Å². The van der Waals surface area contributed by atoms with Crippen molar-refractivity contribution >= 4 is 5.65 Å². The van der Waals surface area contributed by atoms with Crippen LogP contribution in [0.5, 0.6) is 0 Å². The Morgan fingerprint density at radius 3 is 3.08 bits per heavy atom. The van der Waals surface area contributed by atoms with Gasteiger partial charge < -0.3 is 4.57 Å². The van der Waals surface area contributed by atoms with E-state index in [1.807, 2.05) is 17.6 Å². The monoisotopic (exact) mass is 163 g/mol. The lowest BCUT2D eigenvalue weighted by Gasteiger charge is -2.02. The van der Waals surface area contributed by atoms with E-state index >= 15 is 0 Å². The average Bonchev–Trinajstić information content (AvgIpc) is 2.54. The van der Waals surface area contributed by atoms with Crippen molar-refractivity contribution in [1.29, 1.82) is 0 Å². The second-order valence-corrected chi connectivity index (χ2v) is 2.54. The standard InChI is InChI=1S/C8H9N3O/c1-2-10-6-4-8(12)11-7(10)3-5-9-11/h3-6H,2H2,1H3. The third-order valence-corrected chi connectivity index (χ3v) is 1.86. The molecule has 0 spiro atoms. The highest BCUT2D eigenvalue weighted by molar-refractivity contribution is 5.36. The third-order valence-electron chi connectivity index (χ3n) is 1.86. The zero-order valence-corrected chi connectivity index (χ0v) is 6.77. The molecule has 0 aliphatic heterocycles. The van der Waals surface area contributed by atoms with Gasteiger partial charge in [0.1, 0.15) is 5.65 Å². The molecular weight excluding hydrogens is 154 g/mol. The van der Waals surface area contributed by atoms with E-state index in [2.05, 4.69) is 5.10 Å². The number of rotatable bonds is 1. The SMILES string of the molecule is CCn1ccc(=O)n2nccc12. The van der Waals surface area contributed by atoms with E-state index in [1.165, 1.54) is 10.6 Å². The van der Waals surface area contributed by atoms with Gasteiger partial charge in [-0.05, 0) is 6.92 Å². The van der Waals surface area contributed by atoms with Crippen molar-refractivity contribution in [3.8, 4) is 0 Å². The highest BCUT2D eigenvalue weighted by Gasteiger charge is 1.99. The Morgan fingerprint density at radius 2 is 2.33 bits per heavy atom. The Hall–Kier alpha value is -1.58. The number of nitrogens with zero attached hydrogens (tertiary/aromatic N) is 3. The maximum Gasteiger partial charge on any atom is 0.274 e. The Morgan fingerprint density at radius 1 is 1.50 bits per heavy atom. The normalized spacial score (nSPS) is 10.8. The molecule has 2 rings (SSSR count). The van der Waals surface area contributed by atoms with Crippen molar-refractivity contribution in [3.05, 3.63) is 34.9 Å². The van der Waals surface area contributed by atoms with Gasteiger partial charge >= 0.3 is 0 Å². The molecular formula is C8H9N3O. The summed E-state index contributed by atoms with van der Waals surface area (Å²) in [5.74, 6) is 0. The van der Waals surface area contributed by atoms with Crippen LogP contribution in [0.2, 0.25) is 0 Å². The van der Waals surface area contributed by atoms with E-state index in [9.17, 15) is 4.79 Å².